The van der Waals surface area contributed by atoms with Crippen molar-refractivity contribution in [3.05, 3.63) is 39.4 Å². The normalized spacial score (nSPS) is 15.8. The van der Waals surface area contributed by atoms with Crippen LogP contribution in [-0.4, -0.2) is 41.7 Å². The summed E-state index contributed by atoms with van der Waals surface area (Å²) in [6.45, 7) is 3.05. The van der Waals surface area contributed by atoms with Gasteiger partial charge in [0.25, 0.3) is 5.91 Å². The minimum atomic E-state index is -0.919. The van der Waals surface area contributed by atoms with E-state index in [1.807, 2.05) is 0 Å². The predicted molar refractivity (Wildman–Crippen MR) is 91.6 cm³/mol. The predicted octanol–water partition coefficient (Wildman–Crippen LogP) is 2.95. The summed E-state index contributed by atoms with van der Waals surface area (Å²) in [5.74, 6) is -2.21. The standard InChI is InChI=1S/C16H18Cl2N2O4/c1-2-24-16(23)13(15(22)19-20-7-3-4-8-20)14(21)11-6-5-10(17)9-12(11)18/h5-6,9,21H,2-4,7-8H2,1H3,(H,19,22). The SMILES string of the molecule is CCOC(=O)C(C(=O)NN1CCCC1)=C(O)c1ccc(Cl)cc1Cl. The Bertz CT molecular complexity index is 670. The zero-order chi connectivity index (χ0) is 17.7. The van der Waals surface area contributed by atoms with Crippen molar-refractivity contribution in [2.24, 2.45) is 0 Å². The van der Waals surface area contributed by atoms with E-state index in [4.69, 9.17) is 27.9 Å². The minimum absolute atomic E-state index is 0.0704. The van der Waals surface area contributed by atoms with Crippen LogP contribution >= 0.6 is 23.2 Å². The van der Waals surface area contributed by atoms with Crippen molar-refractivity contribution < 1.29 is 19.4 Å². The third-order valence-corrected chi connectivity index (χ3v) is 4.04. The summed E-state index contributed by atoms with van der Waals surface area (Å²) in [5, 5.41) is 12.7. The number of halogens is 2. The summed E-state index contributed by atoms with van der Waals surface area (Å²) in [7, 11) is 0. The van der Waals surface area contributed by atoms with E-state index in [2.05, 4.69) is 5.43 Å². The van der Waals surface area contributed by atoms with Crippen molar-refractivity contribution >= 4 is 40.8 Å². The third kappa shape index (κ3) is 4.41. The number of nitrogens with zero attached hydrogens (tertiary/aromatic N) is 1. The number of benzene rings is 1. The molecule has 24 heavy (non-hydrogen) atoms. The van der Waals surface area contributed by atoms with E-state index in [0.29, 0.717) is 18.1 Å². The molecular formula is C16H18Cl2N2O4. The van der Waals surface area contributed by atoms with E-state index >= 15 is 0 Å². The van der Waals surface area contributed by atoms with Gasteiger partial charge in [-0.05, 0) is 38.0 Å². The monoisotopic (exact) mass is 372 g/mol. The molecule has 130 valence electrons. The molecule has 0 aromatic heterocycles. The highest BCUT2D eigenvalue weighted by molar-refractivity contribution is 6.36. The largest absolute Gasteiger partial charge is 0.506 e. The molecular weight excluding hydrogens is 355 g/mol. The van der Waals surface area contributed by atoms with Crippen LogP contribution in [0.5, 0.6) is 0 Å². The van der Waals surface area contributed by atoms with E-state index < -0.39 is 23.2 Å². The van der Waals surface area contributed by atoms with Crippen molar-refractivity contribution in [1.82, 2.24) is 10.4 Å². The number of aliphatic hydroxyl groups excluding tert-OH is 1. The molecule has 1 aliphatic rings. The first-order valence-corrected chi connectivity index (χ1v) is 8.31. The molecule has 1 aliphatic heterocycles. The zero-order valence-electron chi connectivity index (χ0n) is 13.1. The van der Waals surface area contributed by atoms with Gasteiger partial charge in [0.15, 0.2) is 5.57 Å². The maximum Gasteiger partial charge on any atom is 0.347 e. The van der Waals surface area contributed by atoms with E-state index in [1.54, 1.807) is 11.9 Å². The number of amides is 1. The Labute approximate surface area is 150 Å². The number of hydrogen-bond donors (Lipinski definition) is 2. The van der Waals surface area contributed by atoms with E-state index in [0.717, 1.165) is 12.8 Å². The smallest absolute Gasteiger partial charge is 0.347 e. The lowest BCUT2D eigenvalue weighted by atomic mass is 10.1. The fraction of sp³-hybridized carbons (Fsp3) is 0.375. The van der Waals surface area contributed by atoms with Crippen LogP contribution in [-0.2, 0) is 14.3 Å². The van der Waals surface area contributed by atoms with Gasteiger partial charge in [-0.3, -0.25) is 10.2 Å². The highest BCUT2D eigenvalue weighted by Crippen LogP contribution is 2.28. The van der Waals surface area contributed by atoms with Crippen LogP contribution in [0.1, 0.15) is 25.3 Å². The molecule has 2 rings (SSSR count). The molecule has 2 N–H and O–H groups in total. The van der Waals surface area contributed by atoms with E-state index in [9.17, 15) is 14.7 Å². The number of hydrazine groups is 1. The fourth-order valence-corrected chi connectivity index (χ4v) is 2.84. The molecule has 0 radical (unpaired) electrons. The molecule has 0 saturated carbocycles. The van der Waals surface area contributed by atoms with Crippen molar-refractivity contribution in [1.29, 1.82) is 0 Å². The molecule has 0 spiro atoms. The molecule has 1 fully saturated rings. The molecule has 0 aliphatic carbocycles. The van der Waals surface area contributed by atoms with E-state index in [1.165, 1.54) is 18.2 Å². The minimum Gasteiger partial charge on any atom is -0.506 e. The molecule has 0 bridgehead atoms. The second-order valence-corrected chi connectivity index (χ2v) is 6.05. The Kier molecular flexibility index (Phi) is 6.48. The number of ether oxygens (including phenoxy) is 1. The van der Waals surface area contributed by atoms with Gasteiger partial charge in [0, 0.05) is 23.7 Å². The molecule has 1 aromatic rings. The third-order valence-electron chi connectivity index (χ3n) is 3.50. The summed E-state index contributed by atoms with van der Waals surface area (Å²) in [5.41, 5.74) is 2.24. The Morgan fingerprint density at radius 1 is 1.29 bits per heavy atom. The highest BCUT2D eigenvalue weighted by atomic mass is 35.5. The van der Waals surface area contributed by atoms with Crippen molar-refractivity contribution in [3.63, 3.8) is 0 Å². The highest BCUT2D eigenvalue weighted by Gasteiger charge is 2.28. The molecule has 1 saturated heterocycles. The maximum atomic E-state index is 12.5. The van der Waals surface area contributed by atoms with Crippen LogP contribution in [0.2, 0.25) is 10.0 Å². The fourth-order valence-electron chi connectivity index (χ4n) is 2.34. The summed E-state index contributed by atoms with van der Waals surface area (Å²) in [6.07, 6.45) is 1.90. The molecule has 0 unspecified atom stereocenters. The van der Waals surface area contributed by atoms with Gasteiger partial charge in [-0.15, -0.1) is 0 Å². The van der Waals surface area contributed by atoms with Crippen LogP contribution in [0.3, 0.4) is 0 Å². The number of carbonyl (C=O) groups is 2. The first-order valence-electron chi connectivity index (χ1n) is 7.55. The molecule has 0 atom stereocenters. The Hall–Kier alpha value is -1.76. The Morgan fingerprint density at radius 2 is 1.96 bits per heavy atom. The van der Waals surface area contributed by atoms with Gasteiger partial charge in [0.2, 0.25) is 0 Å². The lowest BCUT2D eigenvalue weighted by Gasteiger charge is -2.18. The number of aliphatic hydroxyl groups is 1. The molecule has 8 heteroatoms. The molecule has 1 amide bonds. The Balaban J connectivity index is 2.39. The number of hydrogen-bond acceptors (Lipinski definition) is 5. The van der Waals surface area contributed by atoms with Crippen LogP contribution in [0, 0.1) is 0 Å². The van der Waals surface area contributed by atoms with Crippen LogP contribution in [0.15, 0.2) is 23.8 Å². The van der Waals surface area contributed by atoms with Crippen molar-refractivity contribution in [2.45, 2.75) is 19.8 Å². The number of esters is 1. The van der Waals surface area contributed by atoms with Gasteiger partial charge in [-0.25, -0.2) is 9.80 Å². The average Bonchev–Trinajstić information content (AvgIpc) is 3.00. The van der Waals surface area contributed by atoms with Crippen molar-refractivity contribution in [2.75, 3.05) is 19.7 Å². The second-order valence-electron chi connectivity index (χ2n) is 5.20. The lowest BCUT2D eigenvalue weighted by molar-refractivity contribution is -0.140. The number of nitrogens with one attached hydrogen (secondary N) is 1. The van der Waals surface area contributed by atoms with E-state index in [-0.39, 0.29) is 17.2 Å². The quantitative estimate of drug-likeness (QED) is 0.273. The summed E-state index contributed by atoms with van der Waals surface area (Å²) < 4.78 is 4.89. The van der Waals surface area contributed by atoms with Crippen molar-refractivity contribution in [3.8, 4) is 0 Å². The molecule has 1 heterocycles. The van der Waals surface area contributed by atoms with Gasteiger partial charge >= 0.3 is 5.97 Å². The number of rotatable bonds is 5. The van der Waals surface area contributed by atoms with Gasteiger partial charge < -0.3 is 9.84 Å². The lowest BCUT2D eigenvalue weighted by Crippen LogP contribution is -2.42. The van der Waals surface area contributed by atoms with Crippen LogP contribution in [0.4, 0.5) is 0 Å². The van der Waals surface area contributed by atoms with Gasteiger partial charge in [-0.2, -0.15) is 0 Å². The van der Waals surface area contributed by atoms with Gasteiger partial charge in [0.1, 0.15) is 5.76 Å². The van der Waals surface area contributed by atoms with Gasteiger partial charge in [-0.1, -0.05) is 23.2 Å². The summed E-state index contributed by atoms with van der Waals surface area (Å²) in [4.78, 5) is 24.6. The summed E-state index contributed by atoms with van der Waals surface area (Å²) >= 11 is 11.9. The van der Waals surface area contributed by atoms with Gasteiger partial charge in [0.05, 0.1) is 11.6 Å². The summed E-state index contributed by atoms with van der Waals surface area (Å²) in [6, 6.07) is 4.35. The van der Waals surface area contributed by atoms with Crippen LogP contribution in [0.25, 0.3) is 5.76 Å². The first kappa shape index (κ1) is 18.6. The topological polar surface area (TPSA) is 78.9 Å². The molecule has 1 aromatic carbocycles. The first-order chi connectivity index (χ1) is 11.4. The average molecular weight is 373 g/mol. The Morgan fingerprint density at radius 3 is 2.54 bits per heavy atom. The molecule has 6 nitrogen and oxygen atoms in total. The second kappa shape index (κ2) is 8.37. The maximum absolute atomic E-state index is 12.5. The van der Waals surface area contributed by atoms with Crippen LogP contribution < -0.4 is 5.43 Å². The number of carbonyl (C=O) groups excluding carboxylic acids is 2. The zero-order valence-corrected chi connectivity index (χ0v) is 14.7.